The SMILES string of the molecule is CCCCCCCCCCCCCCCCCCOCC(CCP(=O)([O-])O[n+]1ccccc1)OC. The fourth-order valence-corrected chi connectivity index (χ4v) is 5.24. The molecule has 1 aromatic heterocycles. The van der Waals surface area contributed by atoms with E-state index >= 15 is 0 Å². The van der Waals surface area contributed by atoms with E-state index in [-0.39, 0.29) is 12.3 Å². The molecule has 2 unspecified atom stereocenters. The lowest BCUT2D eigenvalue weighted by molar-refractivity contribution is -0.862. The first-order chi connectivity index (χ1) is 17.1. The molecule has 0 bridgehead atoms. The standard InChI is InChI=1S/C28H52NO5P/c1-3-4-5-6-7-8-9-10-11-12-13-14-15-16-17-21-25-33-27-28(32-2)22-26-35(30,31)34-29-23-19-18-20-24-29/h18-20,23-24,28H,3-17,21-22,25-27H2,1-2H3. The first-order valence-corrected chi connectivity index (χ1v) is 15.9. The minimum absolute atomic E-state index is 0.0875. The van der Waals surface area contributed by atoms with Crippen LogP contribution in [0.4, 0.5) is 0 Å². The number of pyridine rings is 1. The highest BCUT2D eigenvalue weighted by atomic mass is 31.2. The third-order valence-electron chi connectivity index (χ3n) is 6.41. The fourth-order valence-electron chi connectivity index (χ4n) is 4.16. The molecule has 0 saturated heterocycles. The summed E-state index contributed by atoms with van der Waals surface area (Å²) in [6, 6.07) is 5.22. The van der Waals surface area contributed by atoms with E-state index in [1.165, 1.54) is 101 Å². The number of ether oxygens (including phenoxy) is 2. The zero-order valence-electron chi connectivity index (χ0n) is 22.5. The van der Waals surface area contributed by atoms with Crippen molar-refractivity contribution >= 4 is 7.60 Å². The van der Waals surface area contributed by atoms with Gasteiger partial charge in [0.2, 0.25) is 12.4 Å². The van der Waals surface area contributed by atoms with Gasteiger partial charge in [0.25, 0.3) is 7.60 Å². The molecular weight excluding hydrogens is 461 g/mol. The Bertz CT molecular complexity index is 631. The molecule has 0 aromatic carbocycles. The summed E-state index contributed by atoms with van der Waals surface area (Å²) in [5.41, 5.74) is 0. The van der Waals surface area contributed by atoms with Gasteiger partial charge in [0.1, 0.15) is 0 Å². The van der Waals surface area contributed by atoms with Crippen molar-refractivity contribution < 1.29 is 28.3 Å². The topological polar surface area (TPSA) is 71.7 Å². The Kier molecular flexibility index (Phi) is 20.4. The highest BCUT2D eigenvalue weighted by Gasteiger charge is 2.19. The van der Waals surface area contributed by atoms with E-state index in [4.69, 9.17) is 14.1 Å². The average molecular weight is 514 g/mol. The molecule has 0 N–H and O–H groups in total. The Morgan fingerprint density at radius 3 is 1.74 bits per heavy atom. The summed E-state index contributed by atoms with van der Waals surface area (Å²) >= 11 is 0. The molecule has 204 valence electrons. The number of methoxy groups -OCH3 is 1. The maximum Gasteiger partial charge on any atom is 0.262 e. The third-order valence-corrected chi connectivity index (χ3v) is 7.65. The molecule has 0 aliphatic heterocycles. The predicted octanol–water partition coefficient (Wildman–Crippen LogP) is 6.64. The van der Waals surface area contributed by atoms with Crippen molar-refractivity contribution in [1.29, 1.82) is 0 Å². The molecule has 0 amide bonds. The molecule has 0 saturated carbocycles. The molecule has 6 nitrogen and oxygen atoms in total. The second-order valence-electron chi connectivity index (χ2n) is 9.68. The van der Waals surface area contributed by atoms with Gasteiger partial charge in [0.05, 0.1) is 12.7 Å². The zero-order valence-corrected chi connectivity index (χ0v) is 23.4. The molecule has 0 radical (unpaired) electrons. The molecular formula is C28H52NO5P. The van der Waals surface area contributed by atoms with Crippen molar-refractivity contribution in [2.24, 2.45) is 0 Å². The van der Waals surface area contributed by atoms with Gasteiger partial charge in [0, 0.05) is 36.7 Å². The van der Waals surface area contributed by atoms with Gasteiger partial charge in [-0.05, 0) is 12.8 Å². The van der Waals surface area contributed by atoms with E-state index in [1.54, 1.807) is 37.7 Å². The van der Waals surface area contributed by atoms with Crippen LogP contribution in [0.3, 0.4) is 0 Å². The van der Waals surface area contributed by atoms with Crippen LogP contribution in [0, 0.1) is 0 Å². The summed E-state index contributed by atoms with van der Waals surface area (Å²) in [6.07, 6.45) is 24.8. The van der Waals surface area contributed by atoms with Gasteiger partial charge in [-0.3, -0.25) is 4.57 Å². The van der Waals surface area contributed by atoms with Crippen molar-refractivity contribution in [2.75, 3.05) is 26.5 Å². The van der Waals surface area contributed by atoms with E-state index < -0.39 is 7.60 Å². The number of hydrogen-bond acceptors (Lipinski definition) is 5. The second kappa shape index (κ2) is 22.3. The largest absolute Gasteiger partial charge is 0.764 e. The Balaban J connectivity index is 1.89. The number of unbranched alkanes of at least 4 members (excludes halogenated alkanes) is 15. The zero-order chi connectivity index (χ0) is 25.5. The molecule has 1 aromatic rings. The molecule has 1 rings (SSSR count). The Morgan fingerprint density at radius 1 is 0.771 bits per heavy atom. The molecule has 0 spiro atoms. The van der Waals surface area contributed by atoms with E-state index in [0.717, 1.165) is 6.42 Å². The van der Waals surface area contributed by atoms with Crippen molar-refractivity contribution in [2.45, 2.75) is 122 Å². The molecule has 0 aliphatic rings. The van der Waals surface area contributed by atoms with Gasteiger partial charge < -0.3 is 14.4 Å². The molecule has 1 heterocycles. The Labute approximate surface area is 215 Å². The summed E-state index contributed by atoms with van der Waals surface area (Å²) in [7, 11) is -2.39. The maximum absolute atomic E-state index is 12.2. The van der Waals surface area contributed by atoms with Crippen LogP contribution in [0.2, 0.25) is 0 Å². The van der Waals surface area contributed by atoms with Crippen LogP contribution in [0.15, 0.2) is 30.6 Å². The van der Waals surface area contributed by atoms with Gasteiger partial charge >= 0.3 is 0 Å². The van der Waals surface area contributed by atoms with Crippen molar-refractivity contribution in [3.63, 3.8) is 0 Å². The predicted molar refractivity (Wildman–Crippen MR) is 141 cm³/mol. The van der Waals surface area contributed by atoms with Gasteiger partial charge in [-0.1, -0.05) is 109 Å². The average Bonchev–Trinajstić information content (AvgIpc) is 2.85. The summed E-state index contributed by atoms with van der Waals surface area (Å²) < 4.78 is 29.5. The van der Waals surface area contributed by atoms with Crippen LogP contribution >= 0.6 is 7.60 Å². The highest BCUT2D eigenvalue weighted by Crippen LogP contribution is 2.32. The lowest BCUT2D eigenvalue weighted by Gasteiger charge is -2.21. The summed E-state index contributed by atoms with van der Waals surface area (Å²) in [4.78, 5) is 12.2. The van der Waals surface area contributed by atoms with Crippen LogP contribution in [0.25, 0.3) is 0 Å². The van der Waals surface area contributed by atoms with Crippen LogP contribution in [-0.4, -0.2) is 32.6 Å². The first kappa shape index (κ1) is 32.1. The lowest BCUT2D eigenvalue weighted by atomic mass is 10.0. The lowest BCUT2D eigenvalue weighted by Crippen LogP contribution is -2.42. The van der Waals surface area contributed by atoms with Crippen LogP contribution in [0.1, 0.15) is 116 Å². The van der Waals surface area contributed by atoms with E-state index in [1.807, 2.05) is 0 Å². The smallest absolute Gasteiger partial charge is 0.262 e. The summed E-state index contributed by atoms with van der Waals surface area (Å²) in [5, 5.41) is 0. The van der Waals surface area contributed by atoms with Gasteiger partial charge in [-0.25, -0.2) is 4.62 Å². The van der Waals surface area contributed by atoms with Crippen LogP contribution in [0.5, 0.6) is 0 Å². The van der Waals surface area contributed by atoms with Crippen molar-refractivity contribution in [1.82, 2.24) is 0 Å². The number of hydrogen-bond donors (Lipinski definition) is 0. The molecule has 35 heavy (non-hydrogen) atoms. The fraction of sp³-hybridized carbons (Fsp3) is 0.821. The normalized spacial score (nSPS) is 14.0. The van der Waals surface area contributed by atoms with Crippen LogP contribution in [-0.2, 0) is 14.0 Å². The van der Waals surface area contributed by atoms with Crippen LogP contribution < -0.4 is 14.2 Å². The maximum atomic E-state index is 12.2. The van der Waals surface area contributed by atoms with Gasteiger partial charge in [-0.2, -0.15) is 0 Å². The first-order valence-electron chi connectivity index (χ1n) is 14.1. The van der Waals surface area contributed by atoms with Crippen molar-refractivity contribution in [3.05, 3.63) is 30.6 Å². The van der Waals surface area contributed by atoms with Crippen molar-refractivity contribution in [3.8, 4) is 0 Å². The van der Waals surface area contributed by atoms with E-state index in [2.05, 4.69) is 6.92 Å². The molecule has 2 atom stereocenters. The highest BCUT2D eigenvalue weighted by molar-refractivity contribution is 7.51. The van der Waals surface area contributed by atoms with E-state index in [0.29, 0.717) is 19.6 Å². The minimum atomic E-state index is -3.98. The van der Waals surface area contributed by atoms with Gasteiger partial charge in [-0.15, -0.1) is 0 Å². The van der Waals surface area contributed by atoms with E-state index in [9.17, 15) is 9.46 Å². The number of aromatic nitrogens is 1. The second-order valence-corrected chi connectivity index (χ2v) is 11.5. The Hall–Kier alpha value is -0.940. The third kappa shape index (κ3) is 19.9. The monoisotopic (exact) mass is 513 g/mol. The molecule has 7 heteroatoms. The molecule has 0 fully saturated rings. The minimum Gasteiger partial charge on any atom is -0.764 e. The Morgan fingerprint density at radius 2 is 1.26 bits per heavy atom. The quantitative estimate of drug-likeness (QED) is 0.0833. The van der Waals surface area contributed by atoms with Gasteiger partial charge in [0.15, 0.2) is 0 Å². The molecule has 0 aliphatic carbocycles. The summed E-state index contributed by atoms with van der Waals surface area (Å²) in [6.45, 7) is 3.39. The summed E-state index contributed by atoms with van der Waals surface area (Å²) in [5.74, 6) is 0. The number of rotatable bonds is 25. The number of nitrogens with zero attached hydrogens (tertiary/aromatic N) is 1.